The molecule has 1 N–H and O–H groups in total. The summed E-state index contributed by atoms with van der Waals surface area (Å²) in [4.78, 5) is 17.7. The van der Waals surface area contributed by atoms with Gasteiger partial charge in [-0.1, -0.05) is 53.3 Å². The maximum Gasteiger partial charge on any atom is 0.276 e. The van der Waals surface area contributed by atoms with E-state index in [9.17, 15) is 4.79 Å². The molecule has 0 aliphatic carbocycles. The largest absolute Gasteiger partial charge is 0.295 e. The predicted molar refractivity (Wildman–Crippen MR) is 104 cm³/mol. The maximum atomic E-state index is 12.4. The van der Waals surface area contributed by atoms with Crippen LogP contribution in [-0.2, 0) is 0 Å². The highest BCUT2D eigenvalue weighted by atomic mass is 35.5. The standard InChI is InChI=1S/C16H9ClN4OS3/c17-12-7-6-11(24-12)15-18-10(8-23-15)13(22)19-16-21-20-14(25-16)9-4-2-1-3-5-9/h1-8H,(H,19,21,22). The van der Waals surface area contributed by atoms with Crippen molar-refractivity contribution in [2.45, 2.75) is 0 Å². The lowest BCUT2D eigenvalue weighted by molar-refractivity contribution is 0.102. The third kappa shape index (κ3) is 3.62. The Morgan fingerprint density at radius 3 is 2.60 bits per heavy atom. The van der Waals surface area contributed by atoms with Gasteiger partial charge in [-0.05, 0) is 12.1 Å². The van der Waals surface area contributed by atoms with Crippen molar-refractivity contribution in [2.24, 2.45) is 0 Å². The number of nitrogens with zero attached hydrogens (tertiary/aromatic N) is 3. The molecule has 9 heteroatoms. The van der Waals surface area contributed by atoms with E-state index in [-0.39, 0.29) is 5.91 Å². The van der Waals surface area contributed by atoms with Gasteiger partial charge in [0.2, 0.25) is 5.13 Å². The van der Waals surface area contributed by atoms with Crippen LogP contribution in [0, 0.1) is 0 Å². The molecule has 0 saturated carbocycles. The van der Waals surface area contributed by atoms with Gasteiger partial charge in [0.1, 0.15) is 15.7 Å². The minimum Gasteiger partial charge on any atom is -0.295 e. The lowest BCUT2D eigenvalue weighted by atomic mass is 10.2. The summed E-state index contributed by atoms with van der Waals surface area (Å²) in [6.07, 6.45) is 0. The van der Waals surface area contributed by atoms with Crippen LogP contribution < -0.4 is 5.32 Å². The number of anilines is 1. The third-order valence-corrected chi connectivity index (χ3v) is 6.32. The van der Waals surface area contributed by atoms with E-state index in [1.807, 2.05) is 42.5 Å². The van der Waals surface area contributed by atoms with Gasteiger partial charge in [0.15, 0.2) is 0 Å². The van der Waals surface area contributed by atoms with E-state index in [2.05, 4.69) is 20.5 Å². The number of halogens is 1. The molecular formula is C16H9ClN4OS3. The number of aromatic nitrogens is 3. The molecule has 1 amide bonds. The Hall–Kier alpha value is -2.13. The van der Waals surface area contributed by atoms with E-state index in [0.29, 0.717) is 15.2 Å². The number of carbonyl (C=O) groups excluding carboxylic acids is 1. The van der Waals surface area contributed by atoms with Crippen molar-refractivity contribution in [3.8, 4) is 20.5 Å². The van der Waals surface area contributed by atoms with Crippen LogP contribution in [0.15, 0.2) is 47.8 Å². The van der Waals surface area contributed by atoms with Crippen molar-refractivity contribution in [1.29, 1.82) is 0 Å². The van der Waals surface area contributed by atoms with Gasteiger partial charge in [0.05, 0.1) is 9.21 Å². The first-order valence-corrected chi connectivity index (χ1v) is 9.99. The van der Waals surface area contributed by atoms with Gasteiger partial charge < -0.3 is 0 Å². The molecule has 0 fully saturated rings. The molecule has 124 valence electrons. The van der Waals surface area contributed by atoms with E-state index in [1.54, 1.807) is 5.38 Å². The molecule has 4 rings (SSSR count). The Morgan fingerprint density at radius 1 is 1.00 bits per heavy atom. The van der Waals surface area contributed by atoms with E-state index in [0.717, 1.165) is 20.5 Å². The van der Waals surface area contributed by atoms with Crippen LogP contribution in [0.25, 0.3) is 20.5 Å². The number of thiazole rings is 1. The molecule has 0 radical (unpaired) electrons. The zero-order valence-electron chi connectivity index (χ0n) is 12.5. The zero-order valence-corrected chi connectivity index (χ0v) is 15.7. The molecule has 0 saturated heterocycles. The van der Waals surface area contributed by atoms with Crippen molar-refractivity contribution >= 4 is 56.7 Å². The van der Waals surface area contributed by atoms with Crippen LogP contribution in [0.4, 0.5) is 5.13 Å². The smallest absolute Gasteiger partial charge is 0.276 e. The Bertz CT molecular complexity index is 1020. The van der Waals surface area contributed by atoms with Crippen LogP contribution in [-0.4, -0.2) is 21.1 Å². The van der Waals surface area contributed by atoms with Gasteiger partial charge in [-0.2, -0.15) is 0 Å². The van der Waals surface area contributed by atoms with E-state index < -0.39 is 0 Å². The Balaban J connectivity index is 1.49. The molecule has 5 nitrogen and oxygen atoms in total. The van der Waals surface area contributed by atoms with Crippen LogP contribution in [0.2, 0.25) is 4.34 Å². The van der Waals surface area contributed by atoms with Crippen LogP contribution in [0.5, 0.6) is 0 Å². The lowest BCUT2D eigenvalue weighted by Gasteiger charge is -1.96. The first-order chi connectivity index (χ1) is 12.2. The number of thiophene rings is 1. The number of hydrogen-bond donors (Lipinski definition) is 1. The lowest BCUT2D eigenvalue weighted by Crippen LogP contribution is -2.12. The minimum absolute atomic E-state index is 0.305. The molecule has 0 atom stereocenters. The highest BCUT2D eigenvalue weighted by molar-refractivity contribution is 7.23. The second-order valence-electron chi connectivity index (χ2n) is 4.87. The highest BCUT2D eigenvalue weighted by Crippen LogP contribution is 2.33. The fourth-order valence-corrected chi connectivity index (χ4v) is 4.71. The molecule has 0 aliphatic heterocycles. The summed E-state index contributed by atoms with van der Waals surface area (Å²) in [5.41, 5.74) is 1.31. The third-order valence-electron chi connectivity index (χ3n) is 3.19. The van der Waals surface area contributed by atoms with Gasteiger partial charge in [-0.25, -0.2) is 4.98 Å². The molecule has 3 aromatic heterocycles. The number of nitrogens with one attached hydrogen (secondary N) is 1. The van der Waals surface area contributed by atoms with Crippen molar-refractivity contribution in [3.63, 3.8) is 0 Å². The van der Waals surface area contributed by atoms with Crippen molar-refractivity contribution in [2.75, 3.05) is 5.32 Å². The molecule has 3 heterocycles. The van der Waals surface area contributed by atoms with Crippen LogP contribution in [0.1, 0.15) is 10.5 Å². The Labute approximate surface area is 160 Å². The van der Waals surface area contributed by atoms with E-state index in [4.69, 9.17) is 11.6 Å². The summed E-state index contributed by atoms with van der Waals surface area (Å²) in [6, 6.07) is 13.4. The molecule has 1 aromatic carbocycles. The van der Waals surface area contributed by atoms with Crippen molar-refractivity contribution in [1.82, 2.24) is 15.2 Å². The number of rotatable bonds is 4. The van der Waals surface area contributed by atoms with Gasteiger partial charge in [0, 0.05) is 10.9 Å². The van der Waals surface area contributed by atoms with Gasteiger partial charge in [-0.15, -0.1) is 32.9 Å². The maximum absolute atomic E-state index is 12.4. The molecule has 0 spiro atoms. The quantitative estimate of drug-likeness (QED) is 0.501. The SMILES string of the molecule is O=C(Nc1nnc(-c2ccccc2)s1)c1csc(-c2ccc(Cl)s2)n1. The molecule has 0 bridgehead atoms. The molecule has 25 heavy (non-hydrogen) atoms. The average molecular weight is 405 g/mol. The summed E-state index contributed by atoms with van der Waals surface area (Å²) in [6.45, 7) is 0. The number of carbonyl (C=O) groups is 1. The van der Waals surface area contributed by atoms with Gasteiger partial charge >= 0.3 is 0 Å². The fraction of sp³-hybridized carbons (Fsp3) is 0. The second kappa shape index (κ2) is 7.01. The van der Waals surface area contributed by atoms with Crippen LogP contribution in [0.3, 0.4) is 0 Å². The number of benzene rings is 1. The summed E-state index contributed by atoms with van der Waals surface area (Å²) in [5, 5.41) is 14.6. The number of hydrogen-bond acceptors (Lipinski definition) is 7. The van der Waals surface area contributed by atoms with Gasteiger partial charge in [-0.3, -0.25) is 10.1 Å². The second-order valence-corrected chi connectivity index (χ2v) is 8.42. The van der Waals surface area contributed by atoms with Crippen LogP contribution >= 0.6 is 45.6 Å². The van der Waals surface area contributed by atoms with E-state index in [1.165, 1.54) is 34.0 Å². The monoisotopic (exact) mass is 404 g/mol. The average Bonchev–Trinajstić information content (AvgIpc) is 3.35. The van der Waals surface area contributed by atoms with E-state index >= 15 is 0 Å². The highest BCUT2D eigenvalue weighted by Gasteiger charge is 2.15. The van der Waals surface area contributed by atoms with Gasteiger partial charge in [0.25, 0.3) is 5.91 Å². The predicted octanol–water partition coefficient (Wildman–Crippen LogP) is 5.30. The first kappa shape index (κ1) is 16.3. The summed E-state index contributed by atoms with van der Waals surface area (Å²) < 4.78 is 0.693. The van der Waals surface area contributed by atoms with Crippen molar-refractivity contribution in [3.05, 3.63) is 57.9 Å². The molecule has 4 aromatic rings. The van der Waals surface area contributed by atoms with Crippen molar-refractivity contribution < 1.29 is 4.79 Å². The Morgan fingerprint density at radius 2 is 1.84 bits per heavy atom. The normalized spacial score (nSPS) is 10.8. The summed E-state index contributed by atoms with van der Waals surface area (Å²) in [5.74, 6) is -0.305. The summed E-state index contributed by atoms with van der Waals surface area (Å²) in [7, 11) is 0. The topological polar surface area (TPSA) is 67.8 Å². The molecule has 0 aliphatic rings. The molecular weight excluding hydrogens is 396 g/mol. The zero-order chi connectivity index (χ0) is 17.2. The fourth-order valence-electron chi connectivity index (χ4n) is 2.05. The summed E-state index contributed by atoms with van der Waals surface area (Å²) >= 11 is 10.1. The molecule has 0 unspecified atom stereocenters. The Kier molecular flexibility index (Phi) is 4.58. The minimum atomic E-state index is -0.305. The first-order valence-electron chi connectivity index (χ1n) is 7.10. The number of amides is 1.